The van der Waals surface area contributed by atoms with E-state index in [1.807, 2.05) is 0 Å². The third kappa shape index (κ3) is 4.57. The fourth-order valence-corrected chi connectivity index (χ4v) is 1.68. The summed E-state index contributed by atoms with van der Waals surface area (Å²) >= 11 is 0. The summed E-state index contributed by atoms with van der Waals surface area (Å²) in [6.45, 7) is 1.20. The largest absolute Gasteiger partial charge is 0.467 e. The normalized spacial score (nSPS) is 29.2. The smallest absolute Gasteiger partial charge is 0.342 e. The standard InChI is InChI=1S/C13H20O7/c1-13(6-14)7-19-10(16)5-3-4-9(15)11(20-8-13)12(17)18-2/h11,14H,3-8H2,1-2H3. The molecule has 0 amide bonds. The number of Topliss-reactive ketones (excluding diaryl/α,β-unsaturated/α-hetero) is 1. The summed E-state index contributed by atoms with van der Waals surface area (Å²) in [6, 6.07) is 0. The summed E-state index contributed by atoms with van der Waals surface area (Å²) < 4.78 is 14.9. The highest BCUT2D eigenvalue weighted by Gasteiger charge is 2.34. The highest BCUT2D eigenvalue weighted by molar-refractivity contribution is 6.02. The number of esters is 2. The molecular formula is C13H20O7. The first-order valence-corrected chi connectivity index (χ1v) is 6.40. The van der Waals surface area contributed by atoms with E-state index in [2.05, 4.69) is 4.74 Å². The van der Waals surface area contributed by atoms with Gasteiger partial charge in [0.05, 0.1) is 20.3 Å². The first kappa shape index (κ1) is 16.6. The van der Waals surface area contributed by atoms with E-state index in [1.165, 1.54) is 7.11 Å². The van der Waals surface area contributed by atoms with E-state index in [0.717, 1.165) is 0 Å². The Hall–Kier alpha value is -1.47. The van der Waals surface area contributed by atoms with Gasteiger partial charge >= 0.3 is 11.9 Å². The Balaban J connectivity index is 2.86. The SMILES string of the molecule is COC(=O)C1OCC(C)(CO)COC(=O)CCCC1=O. The van der Waals surface area contributed by atoms with Gasteiger partial charge in [-0.25, -0.2) is 4.79 Å². The lowest BCUT2D eigenvalue weighted by Gasteiger charge is -2.27. The van der Waals surface area contributed by atoms with Crippen LogP contribution in [-0.2, 0) is 28.6 Å². The van der Waals surface area contributed by atoms with Gasteiger partial charge in [0, 0.05) is 18.3 Å². The topological polar surface area (TPSA) is 99.1 Å². The van der Waals surface area contributed by atoms with E-state index >= 15 is 0 Å². The van der Waals surface area contributed by atoms with E-state index in [1.54, 1.807) is 6.92 Å². The molecule has 20 heavy (non-hydrogen) atoms. The minimum absolute atomic E-state index is 0.0324. The number of carbonyl (C=O) groups is 3. The Morgan fingerprint density at radius 2 is 2.10 bits per heavy atom. The molecule has 0 bridgehead atoms. The van der Waals surface area contributed by atoms with Crippen LogP contribution in [0.15, 0.2) is 0 Å². The molecule has 0 aromatic heterocycles. The van der Waals surface area contributed by atoms with Crippen molar-refractivity contribution in [3.05, 3.63) is 0 Å². The van der Waals surface area contributed by atoms with Gasteiger partial charge in [-0.3, -0.25) is 9.59 Å². The number of rotatable bonds is 2. The van der Waals surface area contributed by atoms with Crippen molar-refractivity contribution in [2.75, 3.05) is 26.9 Å². The van der Waals surface area contributed by atoms with Crippen molar-refractivity contribution in [1.29, 1.82) is 0 Å². The molecule has 0 radical (unpaired) electrons. The molecule has 0 aliphatic carbocycles. The maximum absolute atomic E-state index is 11.9. The maximum atomic E-state index is 11.9. The van der Waals surface area contributed by atoms with Crippen molar-refractivity contribution >= 4 is 17.7 Å². The van der Waals surface area contributed by atoms with Crippen LogP contribution in [0, 0.1) is 5.41 Å². The van der Waals surface area contributed by atoms with Crippen LogP contribution in [0.4, 0.5) is 0 Å². The van der Waals surface area contributed by atoms with Crippen molar-refractivity contribution in [3.8, 4) is 0 Å². The number of methoxy groups -OCH3 is 1. The Kier molecular flexibility index (Phi) is 6.09. The monoisotopic (exact) mass is 288 g/mol. The highest BCUT2D eigenvalue weighted by Crippen LogP contribution is 2.20. The lowest BCUT2D eigenvalue weighted by Crippen LogP contribution is -2.40. The third-order valence-corrected chi connectivity index (χ3v) is 3.07. The third-order valence-electron chi connectivity index (χ3n) is 3.07. The van der Waals surface area contributed by atoms with Crippen LogP contribution in [0.1, 0.15) is 26.2 Å². The van der Waals surface area contributed by atoms with Crippen LogP contribution in [-0.4, -0.2) is 55.9 Å². The minimum atomic E-state index is -1.32. The van der Waals surface area contributed by atoms with Crippen molar-refractivity contribution in [2.24, 2.45) is 5.41 Å². The minimum Gasteiger partial charge on any atom is -0.467 e. The van der Waals surface area contributed by atoms with E-state index in [4.69, 9.17) is 9.47 Å². The average Bonchev–Trinajstić information content (AvgIpc) is 2.46. The fourth-order valence-electron chi connectivity index (χ4n) is 1.68. The lowest BCUT2D eigenvalue weighted by atomic mass is 9.94. The van der Waals surface area contributed by atoms with Gasteiger partial charge < -0.3 is 19.3 Å². The second-order valence-electron chi connectivity index (χ2n) is 5.16. The van der Waals surface area contributed by atoms with E-state index < -0.39 is 29.2 Å². The first-order valence-electron chi connectivity index (χ1n) is 6.40. The van der Waals surface area contributed by atoms with Crippen molar-refractivity contribution < 1.29 is 33.7 Å². The molecule has 1 fully saturated rings. The predicted octanol–water partition coefficient (Wildman–Crippen LogP) is -0.161. The summed E-state index contributed by atoms with van der Waals surface area (Å²) in [5, 5.41) is 9.36. The zero-order chi connectivity index (χ0) is 15.2. The number of hydrogen-bond acceptors (Lipinski definition) is 7. The van der Waals surface area contributed by atoms with E-state index in [0.29, 0.717) is 0 Å². The molecule has 0 aromatic rings. The quantitative estimate of drug-likeness (QED) is 0.556. The van der Waals surface area contributed by atoms with Crippen molar-refractivity contribution in [2.45, 2.75) is 32.3 Å². The van der Waals surface area contributed by atoms with Gasteiger partial charge in [0.15, 0.2) is 5.78 Å². The highest BCUT2D eigenvalue weighted by atomic mass is 16.6. The summed E-state index contributed by atoms with van der Waals surface area (Å²) in [7, 11) is 1.17. The summed E-state index contributed by atoms with van der Waals surface area (Å²) in [5.41, 5.74) is -0.869. The van der Waals surface area contributed by atoms with Gasteiger partial charge in [0.2, 0.25) is 6.10 Å². The van der Waals surface area contributed by atoms with Crippen LogP contribution in [0.2, 0.25) is 0 Å². The van der Waals surface area contributed by atoms with Crippen LogP contribution in [0.5, 0.6) is 0 Å². The maximum Gasteiger partial charge on any atom is 0.342 e. The molecular weight excluding hydrogens is 268 g/mol. The van der Waals surface area contributed by atoms with Crippen LogP contribution in [0.25, 0.3) is 0 Å². The molecule has 1 heterocycles. The van der Waals surface area contributed by atoms with Crippen LogP contribution in [0.3, 0.4) is 0 Å². The van der Waals surface area contributed by atoms with E-state index in [-0.39, 0.29) is 39.1 Å². The van der Waals surface area contributed by atoms with Crippen molar-refractivity contribution in [1.82, 2.24) is 0 Å². The summed E-state index contributed by atoms with van der Waals surface area (Å²) in [5.74, 6) is -1.65. The van der Waals surface area contributed by atoms with Gasteiger partial charge in [-0.15, -0.1) is 0 Å². The number of aliphatic hydroxyl groups excluding tert-OH is 1. The Labute approximate surface area is 117 Å². The molecule has 7 heteroatoms. The Bertz CT molecular complexity index is 379. The number of ketones is 1. The van der Waals surface area contributed by atoms with Crippen LogP contribution < -0.4 is 0 Å². The first-order chi connectivity index (χ1) is 9.41. The summed E-state index contributed by atoms with van der Waals surface area (Å²) in [4.78, 5) is 34.9. The molecule has 7 nitrogen and oxygen atoms in total. The van der Waals surface area contributed by atoms with Gasteiger partial charge in [0.25, 0.3) is 0 Å². The van der Waals surface area contributed by atoms with E-state index in [9.17, 15) is 19.5 Å². The van der Waals surface area contributed by atoms with Gasteiger partial charge in [-0.05, 0) is 6.42 Å². The Morgan fingerprint density at radius 3 is 2.70 bits per heavy atom. The predicted molar refractivity (Wildman–Crippen MR) is 66.8 cm³/mol. The molecule has 2 atom stereocenters. The molecule has 0 aromatic carbocycles. The zero-order valence-corrected chi connectivity index (χ0v) is 11.7. The molecule has 1 aliphatic heterocycles. The van der Waals surface area contributed by atoms with Gasteiger partial charge in [0.1, 0.15) is 6.61 Å². The summed E-state index contributed by atoms with van der Waals surface area (Å²) in [6.07, 6.45) is -0.921. The second-order valence-corrected chi connectivity index (χ2v) is 5.16. The number of carbonyl (C=O) groups excluding carboxylic acids is 3. The Morgan fingerprint density at radius 1 is 1.40 bits per heavy atom. The molecule has 1 rings (SSSR count). The lowest BCUT2D eigenvalue weighted by molar-refractivity contribution is -0.165. The molecule has 1 aliphatic rings. The molecule has 0 spiro atoms. The number of cyclic esters (lactones) is 1. The number of aliphatic hydroxyl groups is 1. The molecule has 0 saturated carbocycles. The molecule has 1 N–H and O–H groups in total. The van der Waals surface area contributed by atoms with Crippen molar-refractivity contribution in [3.63, 3.8) is 0 Å². The van der Waals surface area contributed by atoms with Gasteiger partial charge in [-0.1, -0.05) is 6.92 Å². The van der Waals surface area contributed by atoms with Crippen LogP contribution >= 0.6 is 0 Å². The fraction of sp³-hybridized carbons (Fsp3) is 0.769. The van der Waals surface area contributed by atoms with Gasteiger partial charge in [-0.2, -0.15) is 0 Å². The average molecular weight is 288 g/mol. The number of hydrogen-bond donors (Lipinski definition) is 1. The number of ether oxygens (including phenoxy) is 3. The molecule has 1 saturated heterocycles. The molecule has 114 valence electrons. The second kappa shape index (κ2) is 7.35. The molecule has 2 unspecified atom stereocenters. The zero-order valence-electron chi connectivity index (χ0n) is 11.7.